The number of nitrogens with two attached hydrogens (primary N) is 1. The molecule has 1 heterocycles. The average molecular weight is 162 g/mol. The van der Waals surface area contributed by atoms with Crippen LogP contribution in [-0.4, -0.2) is 32.7 Å². The predicted molar refractivity (Wildman–Crippen MR) is 36.8 cm³/mol. The van der Waals surface area contributed by atoms with E-state index < -0.39 is 10.2 Å². The fourth-order valence-corrected chi connectivity index (χ4v) is 1.07. The van der Waals surface area contributed by atoms with Crippen molar-refractivity contribution in [2.45, 2.75) is 0 Å². The van der Waals surface area contributed by atoms with E-state index in [0.29, 0.717) is 0 Å². The summed E-state index contributed by atoms with van der Waals surface area (Å²) in [7, 11) is -2.12. The van der Waals surface area contributed by atoms with Crippen molar-refractivity contribution in [3.8, 4) is 0 Å². The Kier molecular flexibility index (Phi) is 1.36. The van der Waals surface area contributed by atoms with Crippen LogP contribution < -0.4 is 5.73 Å². The summed E-state index contributed by atoms with van der Waals surface area (Å²) >= 11 is 0. The van der Waals surface area contributed by atoms with Gasteiger partial charge in [0.15, 0.2) is 0 Å². The van der Waals surface area contributed by atoms with Crippen molar-refractivity contribution in [3.63, 3.8) is 0 Å². The van der Waals surface area contributed by atoms with Crippen LogP contribution in [0.1, 0.15) is 0 Å². The van der Waals surface area contributed by atoms with E-state index in [1.807, 2.05) is 0 Å². The minimum absolute atomic E-state index is 0.0741. The van der Waals surface area contributed by atoms with E-state index in [2.05, 4.69) is 8.80 Å². The zero-order valence-corrected chi connectivity index (χ0v) is 6.04. The standard InChI is InChI=1S/C3H6N4O2S/c1-7-2-5-10(8,9)6-3(7)4/h2H,1H3,(H2,4,6). The van der Waals surface area contributed by atoms with Gasteiger partial charge in [-0.15, -0.1) is 8.80 Å². The van der Waals surface area contributed by atoms with E-state index >= 15 is 0 Å². The summed E-state index contributed by atoms with van der Waals surface area (Å²) in [6.07, 6.45) is 1.09. The SMILES string of the molecule is CN1C=NS(=O)(=O)N=C1N. The van der Waals surface area contributed by atoms with Gasteiger partial charge in [0.1, 0.15) is 6.34 Å². The van der Waals surface area contributed by atoms with Gasteiger partial charge in [0.05, 0.1) is 0 Å². The quantitative estimate of drug-likeness (QED) is 0.470. The van der Waals surface area contributed by atoms with Gasteiger partial charge < -0.3 is 10.6 Å². The molecule has 0 aromatic heterocycles. The molecule has 0 aliphatic carbocycles. The maximum Gasteiger partial charge on any atom is 0.367 e. The first-order valence-electron chi connectivity index (χ1n) is 2.40. The Labute approximate surface area is 58.2 Å². The third-order valence-corrected chi connectivity index (χ3v) is 1.70. The van der Waals surface area contributed by atoms with Crippen molar-refractivity contribution in [1.29, 1.82) is 0 Å². The van der Waals surface area contributed by atoms with Crippen LogP contribution in [0.2, 0.25) is 0 Å². The van der Waals surface area contributed by atoms with E-state index in [1.54, 1.807) is 7.05 Å². The van der Waals surface area contributed by atoms with E-state index in [4.69, 9.17) is 5.73 Å². The van der Waals surface area contributed by atoms with Gasteiger partial charge in [-0.2, -0.15) is 8.42 Å². The molecule has 7 heteroatoms. The minimum atomic E-state index is -3.67. The van der Waals surface area contributed by atoms with E-state index in [-0.39, 0.29) is 5.96 Å². The molecule has 0 aromatic rings. The van der Waals surface area contributed by atoms with Crippen molar-refractivity contribution in [2.24, 2.45) is 14.5 Å². The van der Waals surface area contributed by atoms with Gasteiger partial charge in [0, 0.05) is 7.05 Å². The van der Waals surface area contributed by atoms with Gasteiger partial charge in [0.2, 0.25) is 5.96 Å². The lowest BCUT2D eigenvalue weighted by atomic mass is 10.8. The van der Waals surface area contributed by atoms with Gasteiger partial charge in [0.25, 0.3) is 0 Å². The number of guanidine groups is 1. The molecular weight excluding hydrogens is 156 g/mol. The monoisotopic (exact) mass is 162 g/mol. The van der Waals surface area contributed by atoms with Gasteiger partial charge >= 0.3 is 10.2 Å². The topological polar surface area (TPSA) is 88.1 Å². The summed E-state index contributed by atoms with van der Waals surface area (Å²) in [4.78, 5) is 1.31. The molecule has 1 aliphatic heterocycles. The molecule has 6 nitrogen and oxygen atoms in total. The van der Waals surface area contributed by atoms with Crippen LogP contribution in [0.4, 0.5) is 0 Å². The van der Waals surface area contributed by atoms with Gasteiger partial charge in [-0.1, -0.05) is 0 Å². The van der Waals surface area contributed by atoms with Crippen LogP contribution in [0.5, 0.6) is 0 Å². The highest BCUT2D eigenvalue weighted by Gasteiger charge is 2.13. The van der Waals surface area contributed by atoms with E-state index in [9.17, 15) is 8.42 Å². The second kappa shape index (κ2) is 1.94. The zero-order chi connectivity index (χ0) is 7.78. The van der Waals surface area contributed by atoms with Crippen LogP contribution >= 0.6 is 0 Å². The minimum Gasteiger partial charge on any atom is -0.369 e. The molecule has 2 N–H and O–H groups in total. The Morgan fingerprint density at radius 1 is 1.70 bits per heavy atom. The van der Waals surface area contributed by atoms with Crippen molar-refractivity contribution in [1.82, 2.24) is 4.90 Å². The summed E-state index contributed by atoms with van der Waals surface area (Å²) in [5, 5.41) is 0. The molecule has 0 spiro atoms. The van der Waals surface area contributed by atoms with E-state index in [0.717, 1.165) is 6.34 Å². The van der Waals surface area contributed by atoms with Gasteiger partial charge in [-0.25, -0.2) is 0 Å². The molecule has 0 saturated heterocycles. The Balaban J connectivity index is 3.08. The number of hydrogen-bond donors (Lipinski definition) is 1. The molecular formula is C3H6N4O2S. The number of rotatable bonds is 0. The third kappa shape index (κ3) is 1.24. The first kappa shape index (κ1) is 7.00. The highest BCUT2D eigenvalue weighted by atomic mass is 32.2. The predicted octanol–water partition coefficient (Wildman–Crippen LogP) is -1.48. The normalized spacial score (nSPS) is 22.5. The lowest BCUT2D eigenvalue weighted by Crippen LogP contribution is -2.36. The fourth-order valence-electron chi connectivity index (χ4n) is 0.396. The number of nitrogens with zero attached hydrogens (tertiary/aromatic N) is 3. The molecule has 0 unspecified atom stereocenters. The lowest BCUT2D eigenvalue weighted by molar-refractivity contribution is 0.595. The van der Waals surface area contributed by atoms with E-state index in [1.165, 1.54) is 4.90 Å². The molecule has 1 aliphatic rings. The molecule has 0 atom stereocenters. The molecule has 0 bridgehead atoms. The smallest absolute Gasteiger partial charge is 0.367 e. The average Bonchev–Trinajstić information content (AvgIpc) is 1.79. The van der Waals surface area contributed by atoms with Gasteiger partial charge in [-0.3, -0.25) is 0 Å². The van der Waals surface area contributed by atoms with Crippen LogP contribution in [0.25, 0.3) is 0 Å². The Hall–Kier alpha value is -1.11. The van der Waals surface area contributed by atoms with Crippen molar-refractivity contribution in [3.05, 3.63) is 0 Å². The molecule has 0 saturated carbocycles. The molecule has 10 heavy (non-hydrogen) atoms. The molecule has 0 fully saturated rings. The first-order valence-corrected chi connectivity index (χ1v) is 3.79. The van der Waals surface area contributed by atoms with Crippen LogP contribution in [0.15, 0.2) is 8.80 Å². The largest absolute Gasteiger partial charge is 0.369 e. The molecule has 56 valence electrons. The number of hydrogen-bond acceptors (Lipinski definition) is 4. The van der Waals surface area contributed by atoms with Crippen LogP contribution in [0.3, 0.4) is 0 Å². The maximum atomic E-state index is 10.5. The Morgan fingerprint density at radius 2 is 2.30 bits per heavy atom. The second-order valence-electron chi connectivity index (χ2n) is 1.73. The maximum absolute atomic E-state index is 10.5. The van der Waals surface area contributed by atoms with Crippen LogP contribution in [-0.2, 0) is 10.2 Å². The van der Waals surface area contributed by atoms with Crippen molar-refractivity contribution >= 4 is 22.5 Å². The zero-order valence-electron chi connectivity index (χ0n) is 5.22. The summed E-state index contributed by atoms with van der Waals surface area (Å²) in [6.45, 7) is 0. The third-order valence-electron chi connectivity index (χ3n) is 0.924. The lowest BCUT2D eigenvalue weighted by Gasteiger charge is -2.13. The first-order chi connectivity index (χ1) is 4.51. The molecule has 0 aromatic carbocycles. The summed E-state index contributed by atoms with van der Waals surface area (Å²) in [5.74, 6) is -0.0741. The van der Waals surface area contributed by atoms with Crippen molar-refractivity contribution < 1.29 is 8.42 Å². The summed E-state index contributed by atoms with van der Waals surface area (Å²) < 4.78 is 27.2. The van der Waals surface area contributed by atoms with Gasteiger partial charge in [-0.05, 0) is 0 Å². The molecule has 0 radical (unpaired) electrons. The van der Waals surface area contributed by atoms with Crippen molar-refractivity contribution in [2.75, 3.05) is 7.05 Å². The fraction of sp³-hybridized carbons (Fsp3) is 0.333. The Bertz CT molecular complexity index is 290. The summed E-state index contributed by atoms with van der Waals surface area (Å²) in [5.41, 5.74) is 5.16. The highest BCUT2D eigenvalue weighted by molar-refractivity contribution is 7.89. The van der Waals surface area contributed by atoms with Crippen LogP contribution in [0, 0.1) is 0 Å². The molecule has 0 amide bonds. The Morgan fingerprint density at radius 3 is 2.70 bits per heavy atom. The summed E-state index contributed by atoms with van der Waals surface area (Å²) in [6, 6.07) is 0. The second-order valence-corrected chi connectivity index (χ2v) is 3.02. The molecule has 1 rings (SSSR count). The highest BCUT2D eigenvalue weighted by Crippen LogP contribution is 1.98.